The highest BCUT2D eigenvalue weighted by atomic mass is 127. The molecule has 0 radical (unpaired) electrons. The zero-order valence-electron chi connectivity index (χ0n) is 17.9. The standard InChI is InChI=1S/C23H26N4O4.HI/c1-24-23(26-16-9-10-19-20(15-16)31-14-6-13-30-19)25-11-4-5-12-27-21(28)17-7-2-3-8-18(17)22(27)29;/h2-3,7-10,15H,4-6,11-14H2,1H3,(H2,24,25,26);1H. The van der Waals surface area contributed by atoms with Gasteiger partial charge in [-0.1, -0.05) is 12.1 Å². The lowest BCUT2D eigenvalue weighted by Crippen LogP contribution is -2.33. The number of unbranched alkanes of at least 4 members (excludes halogenated alkanes) is 1. The smallest absolute Gasteiger partial charge is 0.261 e. The van der Waals surface area contributed by atoms with E-state index >= 15 is 0 Å². The number of hydrogen-bond donors (Lipinski definition) is 2. The molecule has 2 aromatic carbocycles. The van der Waals surface area contributed by atoms with E-state index in [1.807, 2.05) is 18.2 Å². The van der Waals surface area contributed by atoms with Crippen LogP contribution < -0.4 is 20.1 Å². The maximum Gasteiger partial charge on any atom is 0.261 e. The van der Waals surface area contributed by atoms with Gasteiger partial charge in [-0.3, -0.25) is 19.5 Å². The Balaban J connectivity index is 0.00000289. The molecule has 2 aliphatic heterocycles. The summed E-state index contributed by atoms with van der Waals surface area (Å²) in [5.74, 6) is 1.69. The highest BCUT2D eigenvalue weighted by Crippen LogP contribution is 2.32. The van der Waals surface area contributed by atoms with E-state index in [9.17, 15) is 9.59 Å². The summed E-state index contributed by atoms with van der Waals surface area (Å²) in [4.78, 5) is 30.4. The molecule has 0 atom stereocenters. The number of fused-ring (bicyclic) bond motifs is 2. The minimum Gasteiger partial charge on any atom is -0.490 e. The number of ether oxygens (including phenoxy) is 2. The molecule has 0 bridgehead atoms. The molecule has 8 nitrogen and oxygen atoms in total. The van der Waals surface area contributed by atoms with Crippen molar-refractivity contribution >= 4 is 47.4 Å². The van der Waals surface area contributed by atoms with Crippen LogP contribution >= 0.6 is 24.0 Å². The predicted molar refractivity (Wildman–Crippen MR) is 133 cm³/mol. The van der Waals surface area contributed by atoms with E-state index in [1.165, 1.54) is 4.90 Å². The molecule has 170 valence electrons. The lowest BCUT2D eigenvalue weighted by Gasteiger charge is -2.15. The van der Waals surface area contributed by atoms with Gasteiger partial charge in [0.1, 0.15) is 0 Å². The van der Waals surface area contributed by atoms with E-state index in [1.54, 1.807) is 31.3 Å². The quantitative estimate of drug-likeness (QED) is 0.188. The highest BCUT2D eigenvalue weighted by Gasteiger charge is 2.34. The maximum atomic E-state index is 12.4. The van der Waals surface area contributed by atoms with Crippen molar-refractivity contribution in [2.45, 2.75) is 19.3 Å². The second-order valence-electron chi connectivity index (χ2n) is 7.35. The average Bonchev–Trinajstić information content (AvgIpc) is 2.94. The molecule has 2 aromatic rings. The molecule has 0 saturated heterocycles. The van der Waals surface area contributed by atoms with Gasteiger partial charge >= 0.3 is 0 Å². The topological polar surface area (TPSA) is 92.3 Å². The Hall–Kier alpha value is -2.82. The van der Waals surface area contributed by atoms with Crippen molar-refractivity contribution in [3.8, 4) is 11.5 Å². The Labute approximate surface area is 204 Å². The Morgan fingerprint density at radius 3 is 2.38 bits per heavy atom. The van der Waals surface area contributed by atoms with Crippen LogP contribution in [0.25, 0.3) is 0 Å². The summed E-state index contributed by atoms with van der Waals surface area (Å²) in [6.45, 7) is 2.36. The minimum atomic E-state index is -0.208. The Morgan fingerprint density at radius 2 is 1.69 bits per heavy atom. The first-order valence-electron chi connectivity index (χ1n) is 10.5. The molecule has 2 amide bonds. The van der Waals surface area contributed by atoms with Crippen LogP contribution in [0, 0.1) is 0 Å². The summed E-state index contributed by atoms with van der Waals surface area (Å²) in [5, 5.41) is 6.50. The third kappa shape index (κ3) is 5.32. The fourth-order valence-electron chi connectivity index (χ4n) is 3.60. The van der Waals surface area contributed by atoms with E-state index in [0.717, 1.165) is 30.0 Å². The average molecular weight is 550 g/mol. The number of carbonyl (C=O) groups is 2. The van der Waals surface area contributed by atoms with Crippen LogP contribution in [0.15, 0.2) is 47.5 Å². The predicted octanol–water partition coefficient (Wildman–Crippen LogP) is 3.53. The number of rotatable bonds is 6. The van der Waals surface area contributed by atoms with Crippen molar-refractivity contribution < 1.29 is 19.1 Å². The van der Waals surface area contributed by atoms with Crippen molar-refractivity contribution in [2.75, 3.05) is 38.7 Å². The lowest BCUT2D eigenvalue weighted by atomic mass is 10.1. The third-order valence-corrected chi connectivity index (χ3v) is 5.21. The number of nitrogens with zero attached hydrogens (tertiary/aromatic N) is 2. The largest absolute Gasteiger partial charge is 0.490 e. The molecule has 32 heavy (non-hydrogen) atoms. The molecule has 0 aromatic heterocycles. The number of halogens is 1. The second-order valence-corrected chi connectivity index (χ2v) is 7.35. The molecule has 9 heteroatoms. The lowest BCUT2D eigenvalue weighted by molar-refractivity contribution is 0.0652. The van der Waals surface area contributed by atoms with Gasteiger partial charge in [-0.2, -0.15) is 0 Å². The highest BCUT2D eigenvalue weighted by molar-refractivity contribution is 14.0. The molecular weight excluding hydrogens is 523 g/mol. The van der Waals surface area contributed by atoms with Gasteiger partial charge in [0.15, 0.2) is 17.5 Å². The summed E-state index contributed by atoms with van der Waals surface area (Å²) in [6.07, 6.45) is 2.36. The van der Waals surface area contributed by atoms with Crippen LogP contribution in [0.5, 0.6) is 11.5 Å². The molecule has 4 rings (SSSR count). The molecule has 0 saturated carbocycles. The van der Waals surface area contributed by atoms with Crippen LogP contribution in [0.2, 0.25) is 0 Å². The molecule has 2 heterocycles. The van der Waals surface area contributed by atoms with Crippen molar-refractivity contribution in [2.24, 2.45) is 4.99 Å². The van der Waals surface area contributed by atoms with Gasteiger partial charge in [-0.25, -0.2) is 0 Å². The SMILES string of the molecule is CN=C(NCCCCN1C(=O)c2ccccc2C1=O)Nc1ccc2c(c1)OCCCO2.I. The first kappa shape index (κ1) is 23.8. The maximum absolute atomic E-state index is 12.4. The van der Waals surface area contributed by atoms with E-state index in [-0.39, 0.29) is 35.8 Å². The number of aliphatic imine (C=N–C) groups is 1. The van der Waals surface area contributed by atoms with Gasteiger partial charge < -0.3 is 20.1 Å². The summed E-state index contributed by atoms with van der Waals surface area (Å²) in [6, 6.07) is 12.7. The normalized spacial score (nSPS) is 15.0. The van der Waals surface area contributed by atoms with Gasteiger partial charge in [-0.05, 0) is 37.1 Å². The van der Waals surface area contributed by atoms with Gasteiger partial charge in [0.25, 0.3) is 11.8 Å². The zero-order valence-corrected chi connectivity index (χ0v) is 20.3. The monoisotopic (exact) mass is 550 g/mol. The number of imide groups is 1. The third-order valence-electron chi connectivity index (χ3n) is 5.21. The molecule has 2 aliphatic rings. The summed E-state index contributed by atoms with van der Waals surface area (Å²) >= 11 is 0. The Morgan fingerprint density at radius 1 is 1.00 bits per heavy atom. The van der Waals surface area contributed by atoms with E-state index in [4.69, 9.17) is 9.47 Å². The minimum absolute atomic E-state index is 0. The second kappa shape index (κ2) is 11.2. The van der Waals surface area contributed by atoms with Crippen molar-refractivity contribution in [1.29, 1.82) is 0 Å². The van der Waals surface area contributed by atoms with Gasteiger partial charge in [0, 0.05) is 38.3 Å². The first-order valence-corrected chi connectivity index (χ1v) is 10.5. The van der Waals surface area contributed by atoms with Crippen LogP contribution in [0.4, 0.5) is 5.69 Å². The van der Waals surface area contributed by atoms with Crippen LogP contribution in [-0.2, 0) is 0 Å². The van der Waals surface area contributed by atoms with Crippen LogP contribution in [-0.4, -0.2) is 56.0 Å². The zero-order chi connectivity index (χ0) is 21.6. The number of nitrogens with one attached hydrogen (secondary N) is 2. The number of guanidine groups is 1. The summed E-state index contributed by atoms with van der Waals surface area (Å²) in [7, 11) is 1.71. The van der Waals surface area contributed by atoms with Gasteiger partial charge in [0.2, 0.25) is 0 Å². The summed E-state index contributed by atoms with van der Waals surface area (Å²) < 4.78 is 11.4. The number of hydrogen-bond acceptors (Lipinski definition) is 5. The Kier molecular flexibility index (Phi) is 8.32. The van der Waals surface area contributed by atoms with Crippen LogP contribution in [0.3, 0.4) is 0 Å². The first-order chi connectivity index (χ1) is 15.2. The number of carbonyl (C=O) groups excluding carboxylic acids is 2. The van der Waals surface area contributed by atoms with Crippen molar-refractivity contribution in [3.63, 3.8) is 0 Å². The van der Waals surface area contributed by atoms with E-state index in [0.29, 0.717) is 49.8 Å². The molecule has 0 fully saturated rings. The van der Waals surface area contributed by atoms with Gasteiger partial charge in [-0.15, -0.1) is 24.0 Å². The molecule has 0 aliphatic carbocycles. The van der Waals surface area contributed by atoms with Crippen LogP contribution in [0.1, 0.15) is 40.0 Å². The number of benzene rings is 2. The molecular formula is C23H27IN4O4. The molecule has 2 N–H and O–H groups in total. The van der Waals surface area contributed by atoms with E-state index < -0.39 is 0 Å². The molecule has 0 spiro atoms. The fraction of sp³-hybridized carbons (Fsp3) is 0.348. The number of anilines is 1. The van der Waals surface area contributed by atoms with Crippen molar-refractivity contribution in [3.05, 3.63) is 53.6 Å². The van der Waals surface area contributed by atoms with Crippen molar-refractivity contribution in [1.82, 2.24) is 10.2 Å². The molecule has 0 unspecified atom stereocenters. The Bertz CT molecular complexity index is 976. The fourth-order valence-corrected chi connectivity index (χ4v) is 3.60. The summed E-state index contributed by atoms with van der Waals surface area (Å²) in [5.41, 5.74) is 1.83. The van der Waals surface area contributed by atoms with Gasteiger partial charge in [0.05, 0.1) is 24.3 Å². The van der Waals surface area contributed by atoms with E-state index in [2.05, 4.69) is 15.6 Å². The number of amides is 2.